The maximum atomic E-state index is 2.55. The molecule has 2 saturated carbocycles. The topological polar surface area (TPSA) is 0 Å². The average Bonchev–Trinajstić information content (AvgIpc) is 2.90. The minimum absolute atomic E-state index is 0.872. The van der Waals surface area contributed by atoms with Gasteiger partial charge in [-0.25, -0.2) is 0 Å². The lowest BCUT2D eigenvalue weighted by atomic mass is 9.81. The van der Waals surface area contributed by atoms with Gasteiger partial charge in [-0.15, -0.1) is 0 Å². The van der Waals surface area contributed by atoms with Gasteiger partial charge in [0, 0.05) is 0 Å². The van der Waals surface area contributed by atoms with E-state index >= 15 is 0 Å². The van der Waals surface area contributed by atoms with E-state index in [0.717, 1.165) is 41.4 Å². The molecule has 0 saturated heterocycles. The summed E-state index contributed by atoms with van der Waals surface area (Å²) in [6.07, 6.45) is 7.55. The van der Waals surface area contributed by atoms with Crippen LogP contribution in [0.5, 0.6) is 0 Å². The Morgan fingerprint density at radius 1 is 1.00 bits per heavy atom. The summed E-state index contributed by atoms with van der Waals surface area (Å²) in [5.41, 5.74) is 0. The van der Waals surface area contributed by atoms with Crippen molar-refractivity contribution in [1.29, 1.82) is 0 Å². The maximum Gasteiger partial charge on any atom is -0.0354 e. The van der Waals surface area contributed by atoms with E-state index in [1.165, 1.54) is 25.7 Å². The molecule has 0 heterocycles. The van der Waals surface area contributed by atoms with Crippen LogP contribution in [0.1, 0.15) is 66.7 Å². The molecule has 0 N–H and O–H groups in total. The SMILES string of the molecule is CC(C)C(C)CC1CC1C(C)C1CCCC1C. The largest absolute Gasteiger partial charge is 0.0625 e. The van der Waals surface area contributed by atoms with Crippen LogP contribution in [0, 0.1) is 41.4 Å². The van der Waals surface area contributed by atoms with Crippen molar-refractivity contribution in [1.82, 2.24) is 0 Å². The molecule has 6 unspecified atom stereocenters. The van der Waals surface area contributed by atoms with Crippen molar-refractivity contribution >= 4 is 0 Å². The van der Waals surface area contributed by atoms with Crippen LogP contribution in [-0.2, 0) is 0 Å². The average molecular weight is 236 g/mol. The first-order chi connectivity index (χ1) is 8.00. The summed E-state index contributed by atoms with van der Waals surface area (Å²) in [5.74, 6) is 7.04. The van der Waals surface area contributed by atoms with Crippen LogP contribution in [0.4, 0.5) is 0 Å². The molecule has 2 aliphatic carbocycles. The Balaban J connectivity index is 1.78. The van der Waals surface area contributed by atoms with E-state index in [2.05, 4.69) is 34.6 Å². The highest BCUT2D eigenvalue weighted by Crippen LogP contribution is 2.53. The fourth-order valence-corrected chi connectivity index (χ4v) is 4.21. The predicted molar refractivity (Wildman–Crippen MR) is 75.9 cm³/mol. The lowest BCUT2D eigenvalue weighted by Gasteiger charge is -2.24. The predicted octanol–water partition coefficient (Wildman–Crippen LogP) is 5.38. The molecule has 0 aromatic carbocycles. The lowest BCUT2D eigenvalue weighted by molar-refractivity contribution is 0.247. The van der Waals surface area contributed by atoms with E-state index in [-0.39, 0.29) is 0 Å². The molecule has 17 heavy (non-hydrogen) atoms. The van der Waals surface area contributed by atoms with E-state index in [4.69, 9.17) is 0 Å². The van der Waals surface area contributed by atoms with Crippen LogP contribution < -0.4 is 0 Å². The monoisotopic (exact) mass is 236 g/mol. The molecule has 0 radical (unpaired) electrons. The fourth-order valence-electron chi connectivity index (χ4n) is 4.21. The van der Waals surface area contributed by atoms with Crippen LogP contribution in [-0.4, -0.2) is 0 Å². The van der Waals surface area contributed by atoms with Crippen molar-refractivity contribution in [2.45, 2.75) is 66.7 Å². The molecule has 0 nitrogen and oxygen atoms in total. The molecule has 2 fully saturated rings. The normalized spacial score (nSPS) is 40.6. The zero-order chi connectivity index (χ0) is 12.6. The molecule has 2 aliphatic rings. The highest BCUT2D eigenvalue weighted by molar-refractivity contribution is 4.95. The van der Waals surface area contributed by atoms with E-state index < -0.39 is 0 Å². The summed E-state index contributed by atoms with van der Waals surface area (Å²) < 4.78 is 0. The summed E-state index contributed by atoms with van der Waals surface area (Å²) >= 11 is 0. The first-order valence-corrected chi connectivity index (χ1v) is 8.00. The van der Waals surface area contributed by atoms with Crippen molar-refractivity contribution in [3.8, 4) is 0 Å². The van der Waals surface area contributed by atoms with Gasteiger partial charge in [0.1, 0.15) is 0 Å². The van der Waals surface area contributed by atoms with E-state index in [9.17, 15) is 0 Å². The number of rotatable bonds is 5. The smallest absolute Gasteiger partial charge is 0.0354 e. The van der Waals surface area contributed by atoms with Gasteiger partial charge in [-0.05, 0) is 60.7 Å². The van der Waals surface area contributed by atoms with Crippen LogP contribution in [0.3, 0.4) is 0 Å². The highest BCUT2D eigenvalue weighted by Gasteiger charge is 2.45. The Labute approximate surface area is 109 Å². The molecule has 0 aromatic rings. The second kappa shape index (κ2) is 5.33. The third kappa shape index (κ3) is 3.06. The Bertz CT molecular complexity index is 242. The summed E-state index contributed by atoms with van der Waals surface area (Å²) in [7, 11) is 0. The zero-order valence-corrected chi connectivity index (χ0v) is 12.6. The van der Waals surface area contributed by atoms with Crippen LogP contribution in [0.15, 0.2) is 0 Å². The van der Waals surface area contributed by atoms with Gasteiger partial charge in [0.25, 0.3) is 0 Å². The Morgan fingerprint density at radius 3 is 2.24 bits per heavy atom. The Kier molecular flexibility index (Phi) is 4.21. The number of hydrogen-bond acceptors (Lipinski definition) is 0. The van der Waals surface area contributed by atoms with Crippen LogP contribution >= 0.6 is 0 Å². The first-order valence-electron chi connectivity index (χ1n) is 8.00. The maximum absolute atomic E-state index is 2.55. The lowest BCUT2D eigenvalue weighted by Crippen LogP contribution is -2.17. The van der Waals surface area contributed by atoms with Gasteiger partial charge in [0.05, 0.1) is 0 Å². The first kappa shape index (κ1) is 13.4. The van der Waals surface area contributed by atoms with Gasteiger partial charge >= 0.3 is 0 Å². The van der Waals surface area contributed by atoms with Crippen molar-refractivity contribution in [3.05, 3.63) is 0 Å². The van der Waals surface area contributed by atoms with Crippen molar-refractivity contribution < 1.29 is 0 Å². The fraction of sp³-hybridized carbons (Fsp3) is 1.00. The molecule has 6 atom stereocenters. The number of hydrogen-bond donors (Lipinski definition) is 0. The second-order valence-corrected chi connectivity index (χ2v) is 7.55. The summed E-state index contributed by atoms with van der Waals surface area (Å²) in [6.45, 7) is 12.2. The quantitative estimate of drug-likeness (QED) is 0.601. The Hall–Kier alpha value is 0. The van der Waals surface area contributed by atoms with Crippen molar-refractivity contribution in [2.24, 2.45) is 41.4 Å². The molecule has 0 bridgehead atoms. The molecule has 2 rings (SSSR count). The summed E-state index contributed by atoms with van der Waals surface area (Å²) in [5, 5.41) is 0. The minimum atomic E-state index is 0.872. The molecule has 0 spiro atoms. The molecular formula is C17H32. The third-order valence-corrected chi connectivity index (χ3v) is 6.07. The van der Waals surface area contributed by atoms with Crippen LogP contribution in [0.2, 0.25) is 0 Å². The van der Waals surface area contributed by atoms with Crippen LogP contribution in [0.25, 0.3) is 0 Å². The standard InChI is InChI=1S/C17H32/c1-11(2)13(4)9-15-10-17(15)14(5)16-8-6-7-12(16)3/h11-17H,6-10H2,1-5H3. The van der Waals surface area contributed by atoms with E-state index in [0.29, 0.717) is 0 Å². The third-order valence-electron chi connectivity index (χ3n) is 6.07. The zero-order valence-electron chi connectivity index (χ0n) is 12.6. The van der Waals surface area contributed by atoms with E-state index in [1.54, 1.807) is 6.42 Å². The summed E-state index contributed by atoms with van der Waals surface area (Å²) in [4.78, 5) is 0. The molecule has 0 aliphatic heterocycles. The van der Waals surface area contributed by atoms with Crippen molar-refractivity contribution in [3.63, 3.8) is 0 Å². The van der Waals surface area contributed by atoms with E-state index in [1.807, 2.05) is 0 Å². The minimum Gasteiger partial charge on any atom is -0.0625 e. The van der Waals surface area contributed by atoms with Gasteiger partial charge in [-0.3, -0.25) is 0 Å². The molecular weight excluding hydrogens is 204 g/mol. The van der Waals surface area contributed by atoms with Gasteiger partial charge in [-0.2, -0.15) is 0 Å². The van der Waals surface area contributed by atoms with Gasteiger partial charge in [-0.1, -0.05) is 47.5 Å². The van der Waals surface area contributed by atoms with Crippen molar-refractivity contribution in [2.75, 3.05) is 0 Å². The highest BCUT2D eigenvalue weighted by atomic mass is 14.5. The molecule has 0 heteroatoms. The summed E-state index contributed by atoms with van der Waals surface area (Å²) in [6, 6.07) is 0. The molecule has 0 amide bonds. The molecule has 100 valence electrons. The van der Waals surface area contributed by atoms with Gasteiger partial charge in [0.15, 0.2) is 0 Å². The Morgan fingerprint density at radius 2 is 1.71 bits per heavy atom. The molecule has 0 aromatic heterocycles. The van der Waals surface area contributed by atoms with Gasteiger partial charge in [0.2, 0.25) is 0 Å². The second-order valence-electron chi connectivity index (χ2n) is 7.55. The van der Waals surface area contributed by atoms with Gasteiger partial charge < -0.3 is 0 Å².